The lowest BCUT2D eigenvalue weighted by atomic mass is 9.96. The largest absolute Gasteiger partial charge is 0.343 e. The molecule has 0 aromatic heterocycles. The minimum atomic E-state index is -0.549. The molecule has 1 heterocycles. The molecular weight excluding hydrogens is 283 g/mol. The average Bonchev–Trinajstić information content (AvgIpc) is 2.42. The summed E-state index contributed by atoms with van der Waals surface area (Å²) in [7, 11) is 0. The van der Waals surface area contributed by atoms with Crippen LogP contribution in [0.5, 0.6) is 0 Å². The number of amides is 2. The summed E-state index contributed by atoms with van der Waals surface area (Å²) >= 11 is 5.66. The van der Waals surface area contributed by atoms with Crippen molar-refractivity contribution in [1.82, 2.24) is 4.90 Å². The number of hydrogen-bond donors (Lipinski definition) is 1. The zero-order valence-electron chi connectivity index (χ0n) is 11.2. The van der Waals surface area contributed by atoms with Crippen molar-refractivity contribution in [2.24, 2.45) is 5.92 Å². The molecule has 0 unspecified atom stereocenters. The number of nitrogens with one attached hydrogen (secondary N) is 1. The van der Waals surface area contributed by atoms with Crippen LogP contribution in [0.3, 0.4) is 0 Å². The smallest absolute Gasteiger partial charge is 0.227 e. The second-order valence-electron chi connectivity index (χ2n) is 4.89. The van der Waals surface area contributed by atoms with Gasteiger partial charge in [0, 0.05) is 31.0 Å². The molecular formula is C14H16ClFN2O2. The van der Waals surface area contributed by atoms with Crippen molar-refractivity contribution in [3.8, 4) is 0 Å². The fourth-order valence-corrected chi connectivity index (χ4v) is 2.44. The normalized spacial score (nSPS) is 16.1. The van der Waals surface area contributed by atoms with Crippen molar-refractivity contribution in [2.45, 2.75) is 19.8 Å². The SMILES string of the molecule is CC(=O)N1CCC(C(=O)Nc2ccc(Cl)cc2F)CC1. The van der Waals surface area contributed by atoms with E-state index < -0.39 is 5.82 Å². The van der Waals surface area contributed by atoms with Crippen molar-refractivity contribution in [3.05, 3.63) is 29.0 Å². The number of rotatable bonds is 2. The summed E-state index contributed by atoms with van der Waals surface area (Å²) in [5, 5.41) is 2.86. The highest BCUT2D eigenvalue weighted by atomic mass is 35.5. The van der Waals surface area contributed by atoms with E-state index in [1.807, 2.05) is 0 Å². The molecule has 1 aromatic rings. The number of halogens is 2. The van der Waals surface area contributed by atoms with E-state index in [-0.39, 0.29) is 28.4 Å². The first-order valence-electron chi connectivity index (χ1n) is 6.49. The summed E-state index contributed by atoms with van der Waals surface area (Å²) in [6, 6.07) is 4.13. The number of carbonyl (C=O) groups is 2. The molecule has 0 bridgehead atoms. The quantitative estimate of drug-likeness (QED) is 0.912. The van der Waals surface area contributed by atoms with E-state index in [9.17, 15) is 14.0 Å². The van der Waals surface area contributed by atoms with Crippen molar-refractivity contribution >= 4 is 29.1 Å². The third kappa shape index (κ3) is 3.48. The van der Waals surface area contributed by atoms with Gasteiger partial charge in [-0.05, 0) is 31.0 Å². The number of hydrogen-bond acceptors (Lipinski definition) is 2. The standard InChI is InChI=1S/C14H16ClFN2O2/c1-9(19)18-6-4-10(5-7-18)14(20)17-13-3-2-11(15)8-12(13)16/h2-3,8,10H,4-7H2,1H3,(H,17,20). The predicted octanol–water partition coefficient (Wildman–Crippen LogP) is 2.68. The summed E-state index contributed by atoms with van der Waals surface area (Å²) in [4.78, 5) is 25.0. The second kappa shape index (κ2) is 6.22. The first-order valence-corrected chi connectivity index (χ1v) is 6.86. The van der Waals surface area contributed by atoms with Gasteiger partial charge in [0.2, 0.25) is 11.8 Å². The second-order valence-corrected chi connectivity index (χ2v) is 5.33. The summed E-state index contributed by atoms with van der Waals surface area (Å²) in [6.45, 7) is 2.65. The molecule has 4 nitrogen and oxygen atoms in total. The van der Waals surface area contributed by atoms with Gasteiger partial charge < -0.3 is 10.2 Å². The molecule has 6 heteroatoms. The lowest BCUT2D eigenvalue weighted by molar-refractivity contribution is -0.132. The Labute approximate surface area is 121 Å². The van der Waals surface area contributed by atoms with Crippen LogP contribution in [0.2, 0.25) is 5.02 Å². The topological polar surface area (TPSA) is 49.4 Å². The van der Waals surface area contributed by atoms with Crippen LogP contribution in [-0.4, -0.2) is 29.8 Å². The van der Waals surface area contributed by atoms with Crippen molar-refractivity contribution in [2.75, 3.05) is 18.4 Å². The molecule has 1 aliphatic heterocycles. The number of likely N-dealkylation sites (tertiary alicyclic amines) is 1. The average molecular weight is 299 g/mol. The van der Waals surface area contributed by atoms with Gasteiger partial charge in [-0.3, -0.25) is 9.59 Å². The molecule has 108 valence electrons. The van der Waals surface area contributed by atoms with Crippen molar-refractivity contribution < 1.29 is 14.0 Å². The summed E-state index contributed by atoms with van der Waals surface area (Å²) in [5.41, 5.74) is 0.133. The first kappa shape index (κ1) is 14.8. The lowest BCUT2D eigenvalue weighted by Gasteiger charge is -2.30. The monoisotopic (exact) mass is 298 g/mol. The summed E-state index contributed by atoms with van der Waals surface area (Å²) in [5.74, 6) is -0.935. The van der Waals surface area contributed by atoms with Gasteiger partial charge >= 0.3 is 0 Å². The minimum Gasteiger partial charge on any atom is -0.343 e. The fraction of sp³-hybridized carbons (Fsp3) is 0.429. The van der Waals surface area contributed by atoms with E-state index in [1.54, 1.807) is 4.90 Å². The Bertz CT molecular complexity index is 528. The van der Waals surface area contributed by atoms with Gasteiger partial charge in [0.05, 0.1) is 5.69 Å². The maximum absolute atomic E-state index is 13.6. The maximum atomic E-state index is 13.6. The molecule has 0 atom stereocenters. The zero-order valence-corrected chi connectivity index (χ0v) is 11.9. The Morgan fingerprint density at radius 3 is 2.55 bits per heavy atom. The maximum Gasteiger partial charge on any atom is 0.227 e. The zero-order chi connectivity index (χ0) is 14.7. The lowest BCUT2D eigenvalue weighted by Crippen LogP contribution is -2.40. The Balaban J connectivity index is 1.94. The molecule has 1 saturated heterocycles. The van der Waals surface area contributed by atoms with Gasteiger partial charge in [-0.1, -0.05) is 11.6 Å². The molecule has 0 radical (unpaired) electrons. The van der Waals surface area contributed by atoms with Crippen LogP contribution >= 0.6 is 11.6 Å². The van der Waals surface area contributed by atoms with E-state index in [1.165, 1.54) is 19.1 Å². The van der Waals surface area contributed by atoms with Gasteiger partial charge in [-0.2, -0.15) is 0 Å². The Morgan fingerprint density at radius 1 is 1.35 bits per heavy atom. The first-order chi connectivity index (χ1) is 9.47. The van der Waals surface area contributed by atoms with Gasteiger partial charge in [-0.25, -0.2) is 4.39 Å². The molecule has 0 spiro atoms. The Hall–Kier alpha value is -1.62. The molecule has 0 saturated carbocycles. The van der Waals surface area contributed by atoms with Gasteiger partial charge in [0.15, 0.2) is 0 Å². The van der Waals surface area contributed by atoms with Crippen LogP contribution in [0.1, 0.15) is 19.8 Å². The van der Waals surface area contributed by atoms with Crippen molar-refractivity contribution in [3.63, 3.8) is 0 Å². The third-order valence-electron chi connectivity index (χ3n) is 3.50. The number of piperidine rings is 1. The Kier molecular flexibility index (Phi) is 4.60. The van der Waals surface area contributed by atoms with E-state index in [2.05, 4.69) is 5.32 Å². The molecule has 20 heavy (non-hydrogen) atoms. The van der Waals surface area contributed by atoms with Gasteiger partial charge in [-0.15, -0.1) is 0 Å². The summed E-state index contributed by atoms with van der Waals surface area (Å²) < 4.78 is 13.6. The highest BCUT2D eigenvalue weighted by molar-refractivity contribution is 6.30. The summed E-state index contributed by atoms with van der Waals surface area (Å²) in [6.07, 6.45) is 1.20. The number of anilines is 1. The van der Waals surface area contributed by atoms with Crippen LogP contribution in [0, 0.1) is 11.7 Å². The van der Waals surface area contributed by atoms with Gasteiger partial charge in [0.25, 0.3) is 0 Å². The Morgan fingerprint density at radius 2 is 2.00 bits per heavy atom. The molecule has 1 fully saturated rings. The van der Waals surface area contributed by atoms with E-state index >= 15 is 0 Å². The minimum absolute atomic E-state index is 0.0209. The fourth-order valence-electron chi connectivity index (χ4n) is 2.28. The van der Waals surface area contributed by atoms with Crippen LogP contribution < -0.4 is 5.32 Å². The molecule has 0 aliphatic carbocycles. The number of nitrogens with zero attached hydrogens (tertiary/aromatic N) is 1. The molecule has 1 N–H and O–H groups in total. The number of carbonyl (C=O) groups excluding carboxylic acids is 2. The molecule has 1 aliphatic rings. The molecule has 2 rings (SSSR count). The highest BCUT2D eigenvalue weighted by Gasteiger charge is 2.26. The van der Waals surface area contributed by atoms with Crippen molar-refractivity contribution in [1.29, 1.82) is 0 Å². The highest BCUT2D eigenvalue weighted by Crippen LogP contribution is 2.22. The van der Waals surface area contributed by atoms with E-state index in [0.29, 0.717) is 25.9 Å². The molecule has 1 aromatic carbocycles. The van der Waals surface area contributed by atoms with Crippen LogP contribution in [0.4, 0.5) is 10.1 Å². The van der Waals surface area contributed by atoms with Crippen LogP contribution in [0.25, 0.3) is 0 Å². The van der Waals surface area contributed by atoms with Crippen LogP contribution in [-0.2, 0) is 9.59 Å². The van der Waals surface area contributed by atoms with Gasteiger partial charge in [0.1, 0.15) is 5.82 Å². The number of benzene rings is 1. The van der Waals surface area contributed by atoms with Crippen LogP contribution in [0.15, 0.2) is 18.2 Å². The van der Waals surface area contributed by atoms with E-state index in [0.717, 1.165) is 6.07 Å². The van der Waals surface area contributed by atoms with E-state index in [4.69, 9.17) is 11.6 Å². The molecule has 2 amide bonds. The predicted molar refractivity (Wildman–Crippen MR) is 75.0 cm³/mol. The third-order valence-corrected chi connectivity index (χ3v) is 3.74.